The smallest absolute Gasteiger partial charge is 0.235 e. The highest BCUT2D eigenvalue weighted by atomic mass is 16.4. The summed E-state index contributed by atoms with van der Waals surface area (Å²) in [6.45, 7) is 3.85. The lowest BCUT2D eigenvalue weighted by molar-refractivity contribution is -0.689. The summed E-state index contributed by atoms with van der Waals surface area (Å²) < 4.78 is 1.86. The van der Waals surface area contributed by atoms with Crippen molar-refractivity contribution in [3.8, 4) is 0 Å². The first kappa shape index (κ1) is 14.7. The monoisotopic (exact) mass is 302 g/mol. The molecule has 3 heterocycles. The van der Waals surface area contributed by atoms with Gasteiger partial charge in [0.05, 0.1) is 29.7 Å². The van der Waals surface area contributed by atoms with Crippen LogP contribution in [-0.4, -0.2) is 34.0 Å². The molecule has 1 N–H and O–H groups in total. The van der Waals surface area contributed by atoms with Crippen LogP contribution in [0, 0.1) is 11.8 Å². The minimum atomic E-state index is -1.33. The van der Waals surface area contributed by atoms with Crippen LogP contribution in [-0.2, 0) is 16.1 Å². The first-order chi connectivity index (χ1) is 10.4. The number of pyridine rings is 1. The average Bonchev–Trinajstić information content (AvgIpc) is 2.70. The molecular weight excluding hydrogens is 284 g/mol. The number of hydrogen-bond acceptors (Lipinski definition) is 4. The van der Waals surface area contributed by atoms with Gasteiger partial charge in [-0.3, -0.25) is 4.79 Å². The molecule has 1 amide bonds. The predicted octanol–water partition coefficient (Wildman–Crippen LogP) is -1.16. The number of carbonyl (C=O) groups excluding carboxylic acids is 2. The van der Waals surface area contributed by atoms with Crippen molar-refractivity contribution < 1.29 is 24.4 Å². The van der Waals surface area contributed by atoms with Gasteiger partial charge in [-0.2, -0.15) is 0 Å². The second-order valence-corrected chi connectivity index (χ2v) is 5.96. The highest BCUT2D eigenvalue weighted by Gasteiger charge is 2.58. The molecule has 0 bridgehead atoms. The number of hydrogen-bond donors (Lipinski definition) is 1. The number of aliphatic hydroxyl groups is 1. The lowest BCUT2D eigenvalue weighted by atomic mass is 9.78. The Balaban J connectivity index is 1.97. The summed E-state index contributed by atoms with van der Waals surface area (Å²) in [6, 6.07) is 5.30. The maximum atomic E-state index is 12.2. The largest absolute Gasteiger partial charge is 0.543 e. The second kappa shape index (κ2) is 5.21. The zero-order valence-corrected chi connectivity index (χ0v) is 12.5. The Labute approximate surface area is 128 Å². The molecule has 22 heavy (non-hydrogen) atoms. The Morgan fingerprint density at radius 1 is 1.41 bits per heavy atom. The number of amides is 1. The van der Waals surface area contributed by atoms with Gasteiger partial charge in [0.15, 0.2) is 18.9 Å². The van der Waals surface area contributed by atoms with Crippen molar-refractivity contribution in [1.82, 2.24) is 4.90 Å². The van der Waals surface area contributed by atoms with E-state index in [9.17, 15) is 19.8 Å². The molecule has 0 unspecified atom stereocenters. The summed E-state index contributed by atoms with van der Waals surface area (Å²) >= 11 is 0. The Kier molecular flexibility index (Phi) is 3.48. The third kappa shape index (κ3) is 2.02. The number of fused-ring (bicyclic) bond motifs is 1. The van der Waals surface area contributed by atoms with Crippen molar-refractivity contribution in [1.29, 1.82) is 0 Å². The van der Waals surface area contributed by atoms with Crippen LogP contribution in [0.1, 0.15) is 13.8 Å². The van der Waals surface area contributed by atoms with Crippen molar-refractivity contribution in [2.75, 3.05) is 0 Å². The molecule has 6 heteroatoms. The van der Waals surface area contributed by atoms with E-state index in [0.717, 1.165) is 0 Å². The molecule has 0 saturated carbocycles. The van der Waals surface area contributed by atoms with E-state index in [-0.39, 0.29) is 23.6 Å². The third-order valence-corrected chi connectivity index (χ3v) is 4.64. The summed E-state index contributed by atoms with van der Waals surface area (Å²) in [7, 11) is 0. The number of carboxylic acids is 1. The van der Waals surface area contributed by atoms with Crippen LogP contribution in [0.4, 0.5) is 0 Å². The van der Waals surface area contributed by atoms with Crippen molar-refractivity contribution >= 4 is 11.9 Å². The van der Waals surface area contributed by atoms with Crippen molar-refractivity contribution in [3.63, 3.8) is 0 Å². The summed E-state index contributed by atoms with van der Waals surface area (Å²) in [5.41, 5.74) is 0.633. The van der Waals surface area contributed by atoms with E-state index in [1.807, 2.05) is 42.1 Å². The van der Waals surface area contributed by atoms with Gasteiger partial charge in [0, 0.05) is 23.6 Å². The SMILES string of the molecule is C[C@@H](O)[C@H]1C(=O)N2C(C(=O)[O-])=C(C[n+]3ccccc3)[C@H](C)[C@H]12. The Morgan fingerprint density at radius 2 is 2.05 bits per heavy atom. The lowest BCUT2D eigenvalue weighted by Gasteiger charge is -2.47. The maximum absolute atomic E-state index is 12.2. The number of rotatable bonds is 4. The van der Waals surface area contributed by atoms with Gasteiger partial charge in [-0.25, -0.2) is 4.57 Å². The lowest BCUT2D eigenvalue weighted by Crippen LogP contribution is -2.64. The van der Waals surface area contributed by atoms with E-state index in [1.54, 1.807) is 6.92 Å². The van der Waals surface area contributed by atoms with Gasteiger partial charge in [-0.05, 0) is 6.92 Å². The van der Waals surface area contributed by atoms with E-state index in [4.69, 9.17) is 0 Å². The molecule has 0 spiro atoms. The third-order valence-electron chi connectivity index (χ3n) is 4.64. The number of β-lactam (4-membered cyclic amide) rings is 1. The van der Waals surface area contributed by atoms with E-state index in [2.05, 4.69) is 0 Å². The normalized spacial score (nSPS) is 28.4. The van der Waals surface area contributed by atoms with Crippen LogP contribution in [0.3, 0.4) is 0 Å². The van der Waals surface area contributed by atoms with Gasteiger partial charge in [-0.1, -0.05) is 13.0 Å². The molecule has 3 rings (SSSR count). The first-order valence-corrected chi connectivity index (χ1v) is 7.33. The fourth-order valence-corrected chi connectivity index (χ4v) is 3.58. The van der Waals surface area contributed by atoms with Crippen molar-refractivity contribution in [2.24, 2.45) is 11.8 Å². The number of nitrogens with zero attached hydrogens (tertiary/aromatic N) is 2. The molecule has 6 nitrogen and oxygen atoms in total. The Bertz CT molecular complexity index is 653. The van der Waals surface area contributed by atoms with Crippen LogP contribution < -0.4 is 9.67 Å². The number of aromatic nitrogens is 1. The zero-order valence-electron chi connectivity index (χ0n) is 12.5. The predicted molar refractivity (Wildman–Crippen MR) is 73.6 cm³/mol. The van der Waals surface area contributed by atoms with Crippen LogP contribution >= 0.6 is 0 Å². The molecular formula is C16H18N2O4. The molecule has 4 atom stereocenters. The molecule has 0 radical (unpaired) electrons. The van der Waals surface area contributed by atoms with E-state index >= 15 is 0 Å². The highest BCUT2D eigenvalue weighted by Crippen LogP contribution is 2.46. The summed E-state index contributed by atoms with van der Waals surface area (Å²) in [5, 5.41) is 21.3. The van der Waals surface area contributed by atoms with Gasteiger partial charge in [0.2, 0.25) is 5.91 Å². The summed E-state index contributed by atoms with van der Waals surface area (Å²) in [4.78, 5) is 25.0. The van der Waals surface area contributed by atoms with Crippen molar-refractivity contribution in [2.45, 2.75) is 32.5 Å². The summed E-state index contributed by atoms with van der Waals surface area (Å²) in [5.74, 6) is -2.34. The van der Waals surface area contributed by atoms with Gasteiger partial charge < -0.3 is 19.9 Å². The fourth-order valence-electron chi connectivity index (χ4n) is 3.58. The molecule has 0 aromatic carbocycles. The number of carbonyl (C=O) groups is 2. The Morgan fingerprint density at radius 3 is 2.59 bits per heavy atom. The first-order valence-electron chi connectivity index (χ1n) is 7.33. The van der Waals surface area contributed by atoms with Gasteiger partial charge >= 0.3 is 0 Å². The average molecular weight is 302 g/mol. The topological polar surface area (TPSA) is 84.5 Å². The molecule has 1 aromatic rings. The number of aliphatic hydroxyl groups excluding tert-OH is 1. The zero-order chi connectivity index (χ0) is 16.0. The van der Waals surface area contributed by atoms with Crippen LogP contribution in [0.25, 0.3) is 0 Å². The molecule has 116 valence electrons. The molecule has 2 aliphatic rings. The molecule has 1 fully saturated rings. The van der Waals surface area contributed by atoms with Crippen LogP contribution in [0.5, 0.6) is 0 Å². The van der Waals surface area contributed by atoms with Gasteiger partial charge in [0.1, 0.15) is 0 Å². The minimum absolute atomic E-state index is 0.0317. The summed E-state index contributed by atoms with van der Waals surface area (Å²) in [6.07, 6.45) is 2.90. The molecule has 1 saturated heterocycles. The second-order valence-electron chi connectivity index (χ2n) is 5.96. The molecule has 1 aromatic heterocycles. The minimum Gasteiger partial charge on any atom is -0.543 e. The molecule has 2 aliphatic heterocycles. The number of aliphatic carboxylic acids is 1. The van der Waals surface area contributed by atoms with E-state index in [1.165, 1.54) is 4.90 Å². The quantitative estimate of drug-likeness (QED) is 0.561. The van der Waals surface area contributed by atoms with Gasteiger partial charge in [0.25, 0.3) is 0 Å². The Hall–Kier alpha value is -2.21. The van der Waals surface area contributed by atoms with Crippen molar-refractivity contribution in [3.05, 3.63) is 41.9 Å². The van der Waals surface area contributed by atoms with Crippen LogP contribution in [0.2, 0.25) is 0 Å². The van der Waals surface area contributed by atoms with Crippen LogP contribution in [0.15, 0.2) is 41.9 Å². The maximum Gasteiger partial charge on any atom is 0.235 e. The highest BCUT2D eigenvalue weighted by molar-refractivity contribution is 5.99. The number of carboxylic acid groups (broad SMARTS) is 1. The fraction of sp³-hybridized carbons (Fsp3) is 0.438. The standard InChI is InChI=1S/C16H18N2O4/c1-9-11(8-17-6-4-3-5-7-17)14(16(21)22)18-13(9)12(10(2)19)15(18)20/h3-7,9-10,12-13,19H,8H2,1-2H3/t9-,10+,12+,13+/m0/s1. The van der Waals surface area contributed by atoms with E-state index < -0.39 is 18.0 Å². The van der Waals surface area contributed by atoms with Gasteiger partial charge in [-0.15, -0.1) is 0 Å². The van der Waals surface area contributed by atoms with E-state index in [0.29, 0.717) is 12.1 Å². The molecule has 0 aliphatic carbocycles.